The van der Waals surface area contributed by atoms with Gasteiger partial charge in [0.05, 0.1) is 6.10 Å². The molecule has 1 N–H and O–H groups in total. The largest absolute Gasteiger partial charge is 0.359 e. The quantitative estimate of drug-likeness (QED) is 0.598. The number of hydrogen-bond acceptors (Lipinski definition) is 2. The Hall–Kier alpha value is -0.0800. The monoisotopic (exact) mass is 143 g/mol. The summed E-state index contributed by atoms with van der Waals surface area (Å²) in [4.78, 5) is 0. The maximum absolute atomic E-state index is 5.62. The first-order valence-corrected chi connectivity index (χ1v) is 4.02. The Balaban J connectivity index is 2.46. The van der Waals surface area contributed by atoms with Crippen molar-refractivity contribution in [1.29, 1.82) is 0 Å². The minimum atomic E-state index is 0.238. The fourth-order valence-corrected chi connectivity index (χ4v) is 1.59. The van der Waals surface area contributed by atoms with E-state index < -0.39 is 0 Å². The van der Waals surface area contributed by atoms with Crippen LogP contribution in [0.1, 0.15) is 27.7 Å². The van der Waals surface area contributed by atoms with Crippen molar-refractivity contribution in [3.8, 4) is 0 Å². The van der Waals surface area contributed by atoms with Gasteiger partial charge in [-0.3, -0.25) is 5.32 Å². The first kappa shape index (κ1) is 8.02. The van der Waals surface area contributed by atoms with E-state index >= 15 is 0 Å². The second-order valence-corrected chi connectivity index (χ2v) is 3.44. The van der Waals surface area contributed by atoms with Crippen molar-refractivity contribution in [3.63, 3.8) is 0 Å². The van der Waals surface area contributed by atoms with Crippen molar-refractivity contribution in [2.24, 2.45) is 5.92 Å². The van der Waals surface area contributed by atoms with Gasteiger partial charge in [0, 0.05) is 6.04 Å². The Kier molecular flexibility index (Phi) is 2.32. The lowest BCUT2D eigenvalue weighted by molar-refractivity contribution is 0.0224. The summed E-state index contributed by atoms with van der Waals surface area (Å²) < 4.78 is 5.62. The Labute approximate surface area is 63.0 Å². The Morgan fingerprint density at radius 2 is 1.90 bits per heavy atom. The number of rotatable bonds is 1. The molecule has 1 aliphatic rings. The molecule has 1 heterocycles. The molecule has 0 aromatic carbocycles. The third kappa shape index (κ3) is 1.50. The van der Waals surface area contributed by atoms with E-state index in [4.69, 9.17) is 4.74 Å². The van der Waals surface area contributed by atoms with Crippen molar-refractivity contribution in [3.05, 3.63) is 0 Å². The fraction of sp³-hybridized carbons (Fsp3) is 1.00. The molecule has 10 heavy (non-hydrogen) atoms. The molecule has 0 aromatic rings. The van der Waals surface area contributed by atoms with Crippen LogP contribution in [0, 0.1) is 5.92 Å². The highest BCUT2D eigenvalue weighted by Gasteiger charge is 2.30. The van der Waals surface area contributed by atoms with Crippen LogP contribution in [-0.2, 0) is 4.74 Å². The minimum Gasteiger partial charge on any atom is -0.359 e. The number of ether oxygens (including phenoxy) is 1. The molecular formula is C8H17NO. The summed E-state index contributed by atoms with van der Waals surface area (Å²) in [5.41, 5.74) is 0. The van der Waals surface area contributed by atoms with Crippen LogP contribution in [0.4, 0.5) is 0 Å². The van der Waals surface area contributed by atoms with Crippen LogP contribution in [0.25, 0.3) is 0 Å². The van der Waals surface area contributed by atoms with Gasteiger partial charge >= 0.3 is 0 Å². The van der Waals surface area contributed by atoms with Crippen LogP contribution in [0.5, 0.6) is 0 Å². The topological polar surface area (TPSA) is 21.3 Å². The lowest BCUT2D eigenvalue weighted by Crippen LogP contribution is -2.31. The van der Waals surface area contributed by atoms with Crippen molar-refractivity contribution in [2.45, 2.75) is 46.1 Å². The van der Waals surface area contributed by atoms with Gasteiger partial charge in [-0.15, -0.1) is 0 Å². The Morgan fingerprint density at radius 3 is 2.10 bits per heavy atom. The zero-order chi connectivity index (χ0) is 7.72. The lowest BCUT2D eigenvalue weighted by Gasteiger charge is -2.17. The number of hydrogen-bond donors (Lipinski definition) is 1. The molecule has 0 aromatic heterocycles. The number of nitrogens with one attached hydrogen (secondary N) is 1. The van der Waals surface area contributed by atoms with Crippen molar-refractivity contribution >= 4 is 0 Å². The first-order chi connectivity index (χ1) is 4.61. The second-order valence-electron chi connectivity index (χ2n) is 3.44. The third-order valence-corrected chi connectivity index (χ3v) is 2.01. The molecule has 3 unspecified atom stereocenters. The minimum absolute atomic E-state index is 0.238. The standard InChI is InChI=1S/C8H17NO/c1-5(2)8-6(3)9-7(4)10-8/h5-9H,1-4H3. The molecule has 60 valence electrons. The van der Waals surface area contributed by atoms with Gasteiger partial charge in [-0.2, -0.15) is 0 Å². The molecule has 3 atom stereocenters. The van der Waals surface area contributed by atoms with Gasteiger partial charge in [-0.25, -0.2) is 0 Å². The van der Waals surface area contributed by atoms with E-state index in [1.54, 1.807) is 0 Å². The van der Waals surface area contributed by atoms with Gasteiger partial charge in [0.15, 0.2) is 0 Å². The molecule has 0 radical (unpaired) electrons. The smallest absolute Gasteiger partial charge is 0.106 e. The maximum Gasteiger partial charge on any atom is 0.106 e. The van der Waals surface area contributed by atoms with E-state index in [1.165, 1.54) is 0 Å². The summed E-state index contributed by atoms with van der Waals surface area (Å²) >= 11 is 0. The van der Waals surface area contributed by atoms with Crippen LogP contribution in [-0.4, -0.2) is 18.4 Å². The molecule has 1 saturated heterocycles. The van der Waals surface area contributed by atoms with E-state index in [9.17, 15) is 0 Å². The second kappa shape index (κ2) is 2.89. The molecule has 0 bridgehead atoms. The highest BCUT2D eigenvalue weighted by molar-refractivity contribution is 4.82. The van der Waals surface area contributed by atoms with E-state index in [0.29, 0.717) is 18.1 Å². The molecule has 2 nitrogen and oxygen atoms in total. The molecule has 2 heteroatoms. The summed E-state index contributed by atoms with van der Waals surface area (Å²) in [5, 5.41) is 3.33. The van der Waals surface area contributed by atoms with Gasteiger partial charge in [0.2, 0.25) is 0 Å². The van der Waals surface area contributed by atoms with Crippen molar-refractivity contribution < 1.29 is 4.74 Å². The average Bonchev–Trinajstić information content (AvgIpc) is 2.10. The summed E-state index contributed by atoms with van der Waals surface area (Å²) in [5.74, 6) is 0.618. The predicted octanol–water partition coefficient (Wildman–Crippen LogP) is 1.37. The fourth-order valence-electron chi connectivity index (χ4n) is 1.59. The van der Waals surface area contributed by atoms with Gasteiger partial charge in [-0.05, 0) is 19.8 Å². The van der Waals surface area contributed by atoms with Crippen molar-refractivity contribution in [1.82, 2.24) is 5.32 Å². The zero-order valence-electron chi connectivity index (χ0n) is 7.22. The van der Waals surface area contributed by atoms with Crippen LogP contribution in [0.3, 0.4) is 0 Å². The first-order valence-electron chi connectivity index (χ1n) is 4.02. The van der Waals surface area contributed by atoms with Gasteiger partial charge in [0.25, 0.3) is 0 Å². The van der Waals surface area contributed by atoms with Crippen LogP contribution >= 0.6 is 0 Å². The summed E-state index contributed by atoms with van der Waals surface area (Å²) in [7, 11) is 0. The van der Waals surface area contributed by atoms with Gasteiger partial charge < -0.3 is 4.74 Å². The summed E-state index contributed by atoms with van der Waals surface area (Å²) in [6.45, 7) is 8.62. The lowest BCUT2D eigenvalue weighted by atomic mass is 10.0. The summed E-state index contributed by atoms with van der Waals surface area (Å²) in [6.07, 6.45) is 0.636. The molecule has 0 aliphatic carbocycles. The molecule has 1 fully saturated rings. The normalized spacial score (nSPS) is 41.1. The van der Waals surface area contributed by atoms with Crippen molar-refractivity contribution in [2.75, 3.05) is 0 Å². The van der Waals surface area contributed by atoms with Crippen LogP contribution in [0.2, 0.25) is 0 Å². The molecular weight excluding hydrogens is 126 g/mol. The SMILES string of the molecule is CC1NC(C)C(C(C)C)O1. The van der Waals surface area contributed by atoms with E-state index in [2.05, 4.69) is 33.0 Å². The molecule has 1 rings (SSSR count). The molecule has 0 amide bonds. The Bertz CT molecular complexity index is 114. The van der Waals surface area contributed by atoms with E-state index in [1.807, 2.05) is 0 Å². The Morgan fingerprint density at radius 1 is 1.30 bits per heavy atom. The van der Waals surface area contributed by atoms with E-state index in [-0.39, 0.29) is 6.23 Å². The third-order valence-electron chi connectivity index (χ3n) is 2.01. The van der Waals surface area contributed by atoms with Gasteiger partial charge in [0.1, 0.15) is 6.23 Å². The van der Waals surface area contributed by atoms with E-state index in [0.717, 1.165) is 0 Å². The predicted molar refractivity (Wildman–Crippen MR) is 41.8 cm³/mol. The summed E-state index contributed by atoms with van der Waals surface area (Å²) in [6, 6.07) is 0.509. The average molecular weight is 143 g/mol. The molecule has 0 saturated carbocycles. The highest BCUT2D eigenvalue weighted by Crippen LogP contribution is 2.18. The maximum atomic E-state index is 5.62. The highest BCUT2D eigenvalue weighted by atomic mass is 16.5. The van der Waals surface area contributed by atoms with Gasteiger partial charge in [-0.1, -0.05) is 13.8 Å². The zero-order valence-corrected chi connectivity index (χ0v) is 7.22. The molecule has 1 aliphatic heterocycles. The van der Waals surface area contributed by atoms with Crippen LogP contribution < -0.4 is 5.32 Å². The molecule has 0 spiro atoms. The van der Waals surface area contributed by atoms with Crippen LogP contribution in [0.15, 0.2) is 0 Å².